The van der Waals surface area contributed by atoms with Gasteiger partial charge >= 0.3 is 0 Å². The Morgan fingerprint density at radius 1 is 1.61 bits per heavy atom. The maximum Gasteiger partial charge on any atom is 0.244 e. The Bertz CT molecular complexity index is 453. The lowest BCUT2D eigenvalue weighted by Crippen LogP contribution is -2.39. The summed E-state index contributed by atoms with van der Waals surface area (Å²) in [6.45, 7) is 4.18. The number of nitrogens with one attached hydrogen (secondary N) is 1. The number of carbonyl (C=O) groups is 1. The molecule has 18 heavy (non-hydrogen) atoms. The summed E-state index contributed by atoms with van der Waals surface area (Å²) in [5.41, 5.74) is 6.38. The van der Waals surface area contributed by atoms with E-state index < -0.39 is 11.9 Å². The van der Waals surface area contributed by atoms with Gasteiger partial charge < -0.3 is 16.0 Å². The van der Waals surface area contributed by atoms with Gasteiger partial charge in [0.1, 0.15) is 11.9 Å². The summed E-state index contributed by atoms with van der Waals surface area (Å²) >= 11 is 5.60. The number of hydrogen-bond acceptors (Lipinski definition) is 3. The van der Waals surface area contributed by atoms with Crippen LogP contribution >= 0.6 is 11.6 Å². The molecule has 0 spiro atoms. The first kappa shape index (κ1) is 14.6. The van der Waals surface area contributed by atoms with E-state index in [1.54, 1.807) is 18.9 Å². The van der Waals surface area contributed by atoms with Crippen LogP contribution in [0, 0.1) is 5.82 Å². The van der Waals surface area contributed by atoms with Crippen molar-refractivity contribution >= 4 is 28.9 Å². The fraction of sp³-hybridized carbons (Fsp3) is 0.417. The Morgan fingerprint density at radius 2 is 2.22 bits per heavy atom. The topological polar surface area (TPSA) is 58.4 Å². The normalized spacial score (nSPS) is 12.1. The molecular weight excluding hydrogens is 257 g/mol. The standard InChI is InChI=1S/C12H17ClFN3O/c1-4-17(3)12(18)7(2)16-11-6-9(14)8(13)5-10(11)15/h5-7,16H,4,15H2,1-3H3. The second-order valence-corrected chi connectivity index (χ2v) is 4.48. The maximum atomic E-state index is 13.3. The molecule has 3 N–H and O–H groups in total. The minimum Gasteiger partial charge on any atom is -0.397 e. The van der Waals surface area contributed by atoms with Crippen molar-refractivity contribution in [2.45, 2.75) is 19.9 Å². The molecule has 0 fully saturated rings. The molecule has 0 aromatic heterocycles. The molecule has 0 aliphatic heterocycles. The molecule has 0 radical (unpaired) electrons. The predicted octanol–water partition coefficient (Wildman–Crippen LogP) is 2.34. The number of halogens is 2. The number of benzene rings is 1. The summed E-state index contributed by atoms with van der Waals surface area (Å²) in [7, 11) is 1.70. The molecule has 1 rings (SSSR count). The zero-order valence-corrected chi connectivity index (χ0v) is 11.4. The molecule has 1 atom stereocenters. The van der Waals surface area contributed by atoms with Gasteiger partial charge in [-0.2, -0.15) is 0 Å². The molecular formula is C12H17ClFN3O. The van der Waals surface area contributed by atoms with Crippen molar-refractivity contribution in [3.05, 3.63) is 23.0 Å². The Morgan fingerprint density at radius 3 is 2.78 bits per heavy atom. The zero-order valence-electron chi connectivity index (χ0n) is 10.6. The molecule has 6 heteroatoms. The highest BCUT2D eigenvalue weighted by Gasteiger charge is 2.17. The van der Waals surface area contributed by atoms with Gasteiger partial charge in [0.15, 0.2) is 0 Å². The van der Waals surface area contributed by atoms with Crippen LogP contribution in [-0.4, -0.2) is 30.4 Å². The summed E-state index contributed by atoms with van der Waals surface area (Å²) in [6, 6.07) is 2.02. The van der Waals surface area contributed by atoms with Crippen LogP contribution in [0.2, 0.25) is 5.02 Å². The number of nitrogens with zero attached hydrogens (tertiary/aromatic N) is 1. The second kappa shape index (κ2) is 5.91. The number of nitrogens with two attached hydrogens (primary N) is 1. The first-order chi connectivity index (χ1) is 8.36. The zero-order chi connectivity index (χ0) is 13.9. The van der Waals surface area contributed by atoms with Crippen molar-refractivity contribution in [3.8, 4) is 0 Å². The summed E-state index contributed by atoms with van der Waals surface area (Å²) < 4.78 is 13.3. The number of anilines is 2. The Balaban J connectivity index is 2.85. The molecule has 1 amide bonds. The fourth-order valence-electron chi connectivity index (χ4n) is 1.47. The SMILES string of the molecule is CCN(C)C(=O)C(C)Nc1cc(F)c(Cl)cc1N. The average molecular weight is 274 g/mol. The van der Waals surface area contributed by atoms with Crippen LogP contribution in [0.5, 0.6) is 0 Å². The molecule has 0 bridgehead atoms. The Labute approximate surface area is 111 Å². The number of carbonyl (C=O) groups excluding carboxylic acids is 1. The lowest BCUT2D eigenvalue weighted by Gasteiger charge is -2.22. The molecule has 1 unspecified atom stereocenters. The molecule has 4 nitrogen and oxygen atoms in total. The van der Waals surface area contributed by atoms with Crippen molar-refractivity contribution in [2.75, 3.05) is 24.6 Å². The van der Waals surface area contributed by atoms with Gasteiger partial charge in [0.05, 0.1) is 16.4 Å². The largest absolute Gasteiger partial charge is 0.397 e. The van der Waals surface area contributed by atoms with Crippen LogP contribution in [0.25, 0.3) is 0 Å². The van der Waals surface area contributed by atoms with E-state index in [0.717, 1.165) is 0 Å². The summed E-state index contributed by atoms with van der Waals surface area (Å²) in [5.74, 6) is -0.663. The first-order valence-electron chi connectivity index (χ1n) is 5.62. The highest BCUT2D eigenvalue weighted by atomic mass is 35.5. The molecule has 0 aliphatic rings. The average Bonchev–Trinajstić information content (AvgIpc) is 2.33. The molecule has 0 saturated heterocycles. The van der Waals surface area contributed by atoms with Crippen LogP contribution < -0.4 is 11.1 Å². The van der Waals surface area contributed by atoms with Gasteiger partial charge in [0.2, 0.25) is 5.91 Å². The van der Waals surface area contributed by atoms with Crippen LogP contribution in [0.3, 0.4) is 0 Å². The molecule has 0 heterocycles. The second-order valence-electron chi connectivity index (χ2n) is 4.07. The molecule has 1 aromatic rings. The van der Waals surface area contributed by atoms with E-state index in [9.17, 15) is 9.18 Å². The van der Waals surface area contributed by atoms with Crippen LogP contribution in [0.15, 0.2) is 12.1 Å². The van der Waals surface area contributed by atoms with Crippen LogP contribution in [0.4, 0.5) is 15.8 Å². The van der Waals surface area contributed by atoms with Gasteiger partial charge in [0.25, 0.3) is 0 Å². The number of hydrogen-bond donors (Lipinski definition) is 2. The van der Waals surface area contributed by atoms with Gasteiger partial charge in [0, 0.05) is 19.7 Å². The lowest BCUT2D eigenvalue weighted by molar-refractivity contribution is -0.130. The van der Waals surface area contributed by atoms with Gasteiger partial charge in [-0.3, -0.25) is 4.79 Å². The third kappa shape index (κ3) is 3.26. The molecule has 0 aliphatic carbocycles. The van der Waals surface area contributed by atoms with E-state index in [2.05, 4.69) is 5.32 Å². The third-order valence-electron chi connectivity index (χ3n) is 2.69. The molecule has 0 saturated carbocycles. The van der Waals surface area contributed by atoms with E-state index in [1.165, 1.54) is 12.1 Å². The number of likely N-dealkylation sites (N-methyl/N-ethyl adjacent to an activating group) is 1. The Kier molecular flexibility index (Phi) is 4.78. The number of amides is 1. The van der Waals surface area contributed by atoms with Crippen molar-refractivity contribution in [1.82, 2.24) is 4.90 Å². The maximum absolute atomic E-state index is 13.3. The van der Waals surface area contributed by atoms with Crippen molar-refractivity contribution in [2.24, 2.45) is 0 Å². The van der Waals surface area contributed by atoms with Crippen molar-refractivity contribution in [1.29, 1.82) is 0 Å². The van der Waals surface area contributed by atoms with Gasteiger partial charge in [-0.1, -0.05) is 11.6 Å². The van der Waals surface area contributed by atoms with Crippen molar-refractivity contribution < 1.29 is 9.18 Å². The molecule has 100 valence electrons. The molecule has 1 aromatic carbocycles. The van der Waals surface area contributed by atoms with Crippen LogP contribution in [0.1, 0.15) is 13.8 Å². The van der Waals surface area contributed by atoms with E-state index in [-0.39, 0.29) is 10.9 Å². The minimum atomic E-state index is -0.572. The van der Waals surface area contributed by atoms with E-state index >= 15 is 0 Å². The highest BCUT2D eigenvalue weighted by molar-refractivity contribution is 6.31. The monoisotopic (exact) mass is 273 g/mol. The lowest BCUT2D eigenvalue weighted by atomic mass is 10.2. The number of nitrogen functional groups attached to an aromatic ring is 1. The summed E-state index contributed by atoms with van der Waals surface area (Å²) in [6.07, 6.45) is 0. The third-order valence-corrected chi connectivity index (χ3v) is 2.98. The van der Waals surface area contributed by atoms with Crippen molar-refractivity contribution in [3.63, 3.8) is 0 Å². The number of rotatable bonds is 4. The minimum absolute atomic E-state index is 0.0392. The highest BCUT2D eigenvalue weighted by Crippen LogP contribution is 2.26. The summed E-state index contributed by atoms with van der Waals surface area (Å²) in [4.78, 5) is 13.4. The van der Waals surface area contributed by atoms with E-state index in [1.807, 2.05) is 6.92 Å². The van der Waals surface area contributed by atoms with E-state index in [4.69, 9.17) is 17.3 Å². The van der Waals surface area contributed by atoms with E-state index in [0.29, 0.717) is 17.9 Å². The summed E-state index contributed by atoms with van der Waals surface area (Å²) in [5, 5.41) is 2.84. The fourth-order valence-corrected chi connectivity index (χ4v) is 1.64. The Hall–Kier alpha value is -1.49. The smallest absolute Gasteiger partial charge is 0.244 e. The van der Waals surface area contributed by atoms with Gasteiger partial charge in [-0.25, -0.2) is 4.39 Å². The quantitative estimate of drug-likeness (QED) is 0.828. The first-order valence-corrected chi connectivity index (χ1v) is 6.00. The van der Waals surface area contributed by atoms with Gasteiger partial charge in [-0.05, 0) is 19.9 Å². The van der Waals surface area contributed by atoms with Crippen LogP contribution in [-0.2, 0) is 4.79 Å². The van der Waals surface area contributed by atoms with Gasteiger partial charge in [-0.15, -0.1) is 0 Å². The predicted molar refractivity (Wildman–Crippen MR) is 72.2 cm³/mol.